The highest BCUT2D eigenvalue weighted by Crippen LogP contribution is 2.57. The molecule has 0 aromatic heterocycles. The second-order valence-electron chi connectivity index (χ2n) is 4.84. The van der Waals surface area contributed by atoms with Gasteiger partial charge in [0.15, 0.2) is 6.04 Å². The van der Waals surface area contributed by atoms with Gasteiger partial charge in [0.2, 0.25) is 6.04 Å². The molecule has 0 heterocycles. The van der Waals surface area contributed by atoms with Crippen molar-refractivity contribution in [1.82, 2.24) is 0 Å². The summed E-state index contributed by atoms with van der Waals surface area (Å²) in [5.74, 6) is 0.997. The van der Waals surface area contributed by atoms with Crippen molar-refractivity contribution < 1.29 is 4.92 Å². The molecular weight excluding hydrogens is 196 g/mol. The Morgan fingerprint density at radius 1 is 1.33 bits per heavy atom. The average Bonchev–Trinajstić information content (AvgIpc) is 2.86. The Labute approximate surface area is 86.7 Å². The van der Waals surface area contributed by atoms with Crippen molar-refractivity contribution in [3.63, 3.8) is 0 Å². The highest BCUT2D eigenvalue weighted by atomic mass is 16.6. The maximum Gasteiger partial charge on any atom is 0.241 e. The van der Waals surface area contributed by atoms with Crippen LogP contribution in [0.5, 0.6) is 0 Å². The van der Waals surface area contributed by atoms with Crippen LogP contribution in [0.3, 0.4) is 0 Å². The van der Waals surface area contributed by atoms with Gasteiger partial charge in [0.1, 0.15) is 0 Å². The first-order chi connectivity index (χ1) is 7.24. The summed E-state index contributed by atoms with van der Waals surface area (Å²) in [5, 5.41) is 13.9. The Hall–Kier alpha value is -1.26. The zero-order chi connectivity index (χ0) is 10.6. The summed E-state index contributed by atoms with van der Waals surface area (Å²) in [6.07, 6.45) is 5.99. The first-order valence-corrected chi connectivity index (χ1v) is 5.36. The quantitative estimate of drug-likeness (QED) is 0.299. The van der Waals surface area contributed by atoms with Crippen LogP contribution in [-0.2, 0) is 0 Å². The molecular formula is C10H12N2O3. The molecule has 5 nitrogen and oxygen atoms in total. The molecule has 80 valence electrons. The number of hydrogen-bond acceptors (Lipinski definition) is 4. The Kier molecular flexibility index (Phi) is 1.72. The molecule has 0 unspecified atom stereocenters. The van der Waals surface area contributed by atoms with Gasteiger partial charge in [-0.25, -0.2) is 0 Å². The van der Waals surface area contributed by atoms with Crippen LogP contribution in [0.25, 0.3) is 0 Å². The van der Waals surface area contributed by atoms with Crippen molar-refractivity contribution in [1.29, 1.82) is 0 Å². The standard InChI is InChI=1S/C10H12N2O3/c13-11-9-7-4-8(10(9)12(14)15)6-3-1-2-5(6)7/h1-2,5-10H,3-4H2/t5-,6+,7+,8-,9+,10-/m0/s1. The van der Waals surface area contributed by atoms with Crippen LogP contribution in [0.15, 0.2) is 17.3 Å². The molecule has 2 saturated carbocycles. The lowest BCUT2D eigenvalue weighted by Crippen LogP contribution is -2.43. The van der Waals surface area contributed by atoms with Gasteiger partial charge in [0.05, 0.1) is 0 Å². The highest BCUT2D eigenvalue weighted by molar-refractivity contribution is 5.18. The number of nitro groups is 1. The average molecular weight is 208 g/mol. The summed E-state index contributed by atoms with van der Waals surface area (Å²) in [6, 6.07) is -1.30. The number of nitrogens with zero attached hydrogens (tertiary/aromatic N) is 2. The zero-order valence-corrected chi connectivity index (χ0v) is 8.15. The summed E-state index contributed by atoms with van der Waals surface area (Å²) in [5.41, 5.74) is 0. The summed E-state index contributed by atoms with van der Waals surface area (Å²) < 4.78 is 0. The Balaban J connectivity index is 1.96. The van der Waals surface area contributed by atoms with E-state index in [2.05, 4.69) is 17.3 Å². The molecule has 3 aliphatic carbocycles. The molecule has 6 atom stereocenters. The van der Waals surface area contributed by atoms with Crippen molar-refractivity contribution in [2.24, 2.45) is 28.8 Å². The minimum atomic E-state index is -0.714. The van der Waals surface area contributed by atoms with Crippen molar-refractivity contribution in [3.8, 4) is 0 Å². The maximum absolute atomic E-state index is 10.9. The molecule has 2 bridgehead atoms. The van der Waals surface area contributed by atoms with Crippen LogP contribution in [0.2, 0.25) is 0 Å². The van der Waals surface area contributed by atoms with Crippen molar-refractivity contribution in [2.45, 2.75) is 24.9 Å². The van der Waals surface area contributed by atoms with Crippen LogP contribution >= 0.6 is 0 Å². The van der Waals surface area contributed by atoms with E-state index >= 15 is 0 Å². The molecule has 2 fully saturated rings. The smallest absolute Gasteiger partial charge is 0.241 e. The minimum absolute atomic E-state index is 0.0766. The van der Waals surface area contributed by atoms with E-state index in [-0.39, 0.29) is 16.8 Å². The van der Waals surface area contributed by atoms with E-state index in [1.807, 2.05) is 0 Å². The van der Waals surface area contributed by atoms with Gasteiger partial charge in [-0.1, -0.05) is 17.3 Å². The lowest BCUT2D eigenvalue weighted by molar-refractivity contribution is -0.535. The van der Waals surface area contributed by atoms with Gasteiger partial charge < -0.3 is 0 Å². The van der Waals surface area contributed by atoms with E-state index in [0.717, 1.165) is 12.8 Å². The molecule has 15 heavy (non-hydrogen) atoms. The van der Waals surface area contributed by atoms with E-state index in [1.54, 1.807) is 0 Å². The van der Waals surface area contributed by atoms with Gasteiger partial charge >= 0.3 is 0 Å². The van der Waals surface area contributed by atoms with E-state index < -0.39 is 12.1 Å². The number of fused-ring (bicyclic) bond motifs is 5. The van der Waals surface area contributed by atoms with Gasteiger partial charge in [-0.2, -0.15) is 4.91 Å². The molecule has 3 rings (SSSR count). The second kappa shape index (κ2) is 2.87. The van der Waals surface area contributed by atoms with Crippen molar-refractivity contribution in [2.75, 3.05) is 0 Å². The van der Waals surface area contributed by atoms with Gasteiger partial charge in [-0.15, -0.1) is 0 Å². The Morgan fingerprint density at radius 3 is 2.80 bits per heavy atom. The third-order valence-electron chi connectivity index (χ3n) is 4.44. The van der Waals surface area contributed by atoms with Crippen LogP contribution < -0.4 is 0 Å². The number of hydrogen-bond donors (Lipinski definition) is 0. The monoisotopic (exact) mass is 208 g/mol. The summed E-state index contributed by atoms with van der Waals surface area (Å²) in [6.45, 7) is 0. The van der Waals surface area contributed by atoms with E-state index in [9.17, 15) is 15.0 Å². The molecule has 3 aliphatic rings. The molecule has 0 amide bonds. The first-order valence-electron chi connectivity index (χ1n) is 5.36. The SMILES string of the molecule is O=N[C@@H]1[C@@H]2C[C@@H]([C@@H]3CC=C[C@@H]32)[C@@H]1[N+](=O)[O-]. The molecule has 0 saturated heterocycles. The van der Waals surface area contributed by atoms with E-state index in [4.69, 9.17) is 0 Å². The number of rotatable bonds is 2. The van der Waals surface area contributed by atoms with E-state index in [1.165, 1.54) is 0 Å². The molecule has 0 spiro atoms. The molecule has 0 N–H and O–H groups in total. The van der Waals surface area contributed by atoms with Crippen LogP contribution in [0.1, 0.15) is 12.8 Å². The summed E-state index contributed by atoms with van der Waals surface area (Å²) >= 11 is 0. The second-order valence-corrected chi connectivity index (χ2v) is 4.84. The molecule has 0 aromatic carbocycles. The van der Waals surface area contributed by atoms with Gasteiger partial charge in [0, 0.05) is 10.8 Å². The van der Waals surface area contributed by atoms with Crippen LogP contribution in [0, 0.1) is 38.7 Å². The lowest BCUT2D eigenvalue weighted by Gasteiger charge is -2.29. The van der Waals surface area contributed by atoms with Gasteiger partial charge in [0.25, 0.3) is 0 Å². The lowest BCUT2D eigenvalue weighted by atomic mass is 9.76. The predicted octanol–water partition coefficient (Wildman–Crippen LogP) is 1.61. The maximum atomic E-state index is 10.9. The first kappa shape index (κ1) is 9.00. The van der Waals surface area contributed by atoms with Crippen molar-refractivity contribution >= 4 is 0 Å². The highest BCUT2D eigenvalue weighted by Gasteiger charge is 2.64. The predicted molar refractivity (Wildman–Crippen MR) is 52.7 cm³/mol. The molecule has 0 aliphatic heterocycles. The van der Waals surface area contributed by atoms with Crippen LogP contribution in [-0.4, -0.2) is 17.0 Å². The fourth-order valence-electron chi connectivity index (χ4n) is 3.95. The van der Waals surface area contributed by atoms with Gasteiger partial charge in [-0.3, -0.25) is 10.1 Å². The largest absolute Gasteiger partial charge is 0.264 e. The molecule has 0 radical (unpaired) electrons. The molecule has 5 heteroatoms. The fourth-order valence-corrected chi connectivity index (χ4v) is 3.95. The minimum Gasteiger partial charge on any atom is -0.264 e. The Bertz CT molecular complexity index is 355. The third kappa shape index (κ3) is 0.979. The molecule has 0 aromatic rings. The van der Waals surface area contributed by atoms with Gasteiger partial charge in [-0.05, 0) is 30.6 Å². The number of nitroso groups, excluding NO2 is 1. The fraction of sp³-hybridized carbons (Fsp3) is 0.800. The number of allylic oxidation sites excluding steroid dienone is 2. The summed E-state index contributed by atoms with van der Waals surface area (Å²) in [4.78, 5) is 21.4. The third-order valence-corrected chi connectivity index (χ3v) is 4.44. The topological polar surface area (TPSA) is 72.6 Å². The Morgan fingerprint density at radius 2 is 2.13 bits per heavy atom. The van der Waals surface area contributed by atoms with Crippen molar-refractivity contribution in [3.05, 3.63) is 27.2 Å². The summed E-state index contributed by atoms with van der Waals surface area (Å²) in [7, 11) is 0. The zero-order valence-electron chi connectivity index (χ0n) is 8.15. The van der Waals surface area contributed by atoms with Crippen LogP contribution in [0.4, 0.5) is 0 Å². The normalized spacial score (nSPS) is 50.7. The van der Waals surface area contributed by atoms with E-state index in [0.29, 0.717) is 11.8 Å².